The van der Waals surface area contributed by atoms with Gasteiger partial charge in [-0.05, 0) is 57.2 Å². The van der Waals surface area contributed by atoms with E-state index in [4.69, 9.17) is 45.2 Å². The summed E-state index contributed by atoms with van der Waals surface area (Å²) in [6.07, 6.45) is -8.67. The van der Waals surface area contributed by atoms with Gasteiger partial charge in [0.25, 0.3) is 0 Å². The summed E-state index contributed by atoms with van der Waals surface area (Å²) in [7, 11) is 1.62. The lowest BCUT2D eigenvalue weighted by molar-refractivity contribution is -0.193. The number of halogens is 7. The molecule has 0 bridgehead atoms. The monoisotopic (exact) mass is 745 g/mol. The summed E-state index contributed by atoms with van der Waals surface area (Å²) in [4.78, 5) is 27.5. The van der Waals surface area contributed by atoms with Crippen molar-refractivity contribution in [3.05, 3.63) is 84.1 Å². The number of methoxy groups -OCH3 is 1. The molecule has 0 atom stereocenters. The molecule has 0 spiro atoms. The van der Waals surface area contributed by atoms with E-state index < -0.39 is 30.1 Å². The van der Waals surface area contributed by atoms with Crippen molar-refractivity contribution >= 4 is 29.1 Å². The maximum atomic E-state index is 15.9. The van der Waals surface area contributed by atoms with Crippen LogP contribution in [0.15, 0.2) is 66.9 Å². The maximum absolute atomic E-state index is 15.9. The number of hydrogen-bond donors (Lipinski definition) is 5. The number of anilines is 2. The minimum absolute atomic E-state index is 0.0484. The van der Waals surface area contributed by atoms with E-state index >= 15 is 4.39 Å². The largest absolute Gasteiger partial charge is 0.496 e. The molecule has 52 heavy (non-hydrogen) atoms. The minimum Gasteiger partial charge on any atom is -0.496 e. The number of nitrogen functional groups attached to an aromatic ring is 1. The van der Waals surface area contributed by atoms with E-state index in [0.717, 1.165) is 11.3 Å². The number of aromatic nitrogens is 2. The predicted octanol–water partition coefficient (Wildman–Crippen LogP) is 7.30. The van der Waals surface area contributed by atoms with Crippen molar-refractivity contribution in [1.29, 1.82) is 5.41 Å². The highest BCUT2D eigenvalue weighted by atomic mass is 19.4. The van der Waals surface area contributed by atoms with Crippen LogP contribution in [0.4, 0.5) is 42.1 Å². The lowest BCUT2D eigenvalue weighted by Crippen LogP contribution is -2.21. The summed E-state index contributed by atoms with van der Waals surface area (Å²) >= 11 is 0. The first-order chi connectivity index (χ1) is 24.2. The average molecular weight is 746 g/mol. The van der Waals surface area contributed by atoms with Crippen LogP contribution in [-0.2, 0) is 16.1 Å². The number of aliphatic carboxylic acids is 2. The molecule has 0 aliphatic heterocycles. The number of carbonyl (C=O) groups is 2. The Balaban J connectivity index is 0.000000564. The van der Waals surface area contributed by atoms with E-state index in [0.29, 0.717) is 35.2 Å². The van der Waals surface area contributed by atoms with Crippen molar-refractivity contribution in [3.8, 4) is 28.5 Å². The summed E-state index contributed by atoms with van der Waals surface area (Å²) in [5.74, 6) is -4.18. The van der Waals surface area contributed by atoms with Gasteiger partial charge < -0.3 is 40.0 Å². The molecule has 6 N–H and O–H groups in total. The van der Waals surface area contributed by atoms with Crippen LogP contribution in [0.1, 0.15) is 32.2 Å². The molecule has 19 heteroatoms. The lowest BCUT2D eigenvalue weighted by atomic mass is 10.1. The number of nitrogens with zero attached hydrogens (tertiary/aromatic N) is 2. The molecule has 4 aromatic rings. The molecule has 0 fully saturated rings. The van der Waals surface area contributed by atoms with Gasteiger partial charge in [0.05, 0.1) is 43.9 Å². The summed E-state index contributed by atoms with van der Waals surface area (Å²) < 4.78 is 96.4. The quantitative estimate of drug-likeness (QED) is 0.0593. The molecular formula is C33H34F7N5O7. The number of ether oxygens (including phenoxy) is 3. The number of benzene rings is 3. The van der Waals surface area contributed by atoms with Crippen molar-refractivity contribution in [2.24, 2.45) is 5.73 Å². The number of alkyl halides is 6. The second-order valence-electron chi connectivity index (χ2n) is 10.5. The number of nitrogens with one attached hydrogen (secondary N) is 2. The number of hydrogen-bond acceptors (Lipinski definition) is 8. The molecule has 4 rings (SSSR count). The second kappa shape index (κ2) is 18.3. The molecule has 12 nitrogen and oxygen atoms in total. The van der Waals surface area contributed by atoms with E-state index in [1.165, 1.54) is 0 Å². The molecule has 0 radical (unpaired) electrons. The molecule has 0 amide bonds. The third kappa shape index (κ3) is 12.4. The second-order valence-corrected chi connectivity index (χ2v) is 10.5. The number of imidazole rings is 1. The maximum Gasteiger partial charge on any atom is 0.490 e. The Morgan fingerprint density at radius 2 is 1.52 bits per heavy atom. The average Bonchev–Trinajstić information content (AvgIpc) is 3.53. The molecule has 282 valence electrons. The SMILES string of the molecule is CCOc1cc(OC(C)C)c(F)c(N(Cc2ncc(-c3ccccc3OC)[nH]2)c2ccc(C(=N)N)cc2)c1.O=C(O)C(F)(F)F.O=C(O)C(F)(F)F. The Labute approximate surface area is 292 Å². The van der Waals surface area contributed by atoms with E-state index in [1.54, 1.807) is 54.6 Å². The van der Waals surface area contributed by atoms with Crippen LogP contribution >= 0.6 is 0 Å². The fraction of sp³-hybridized carbons (Fsp3) is 0.273. The third-order valence-corrected chi connectivity index (χ3v) is 6.27. The number of H-pyrrole nitrogens is 1. The first-order valence-electron chi connectivity index (χ1n) is 14.8. The highest BCUT2D eigenvalue weighted by molar-refractivity contribution is 5.95. The number of para-hydroxylation sites is 1. The number of aromatic amines is 1. The molecule has 0 aliphatic carbocycles. The van der Waals surface area contributed by atoms with Gasteiger partial charge >= 0.3 is 24.3 Å². The van der Waals surface area contributed by atoms with Crippen LogP contribution in [0.25, 0.3) is 11.3 Å². The van der Waals surface area contributed by atoms with Crippen molar-refractivity contribution in [3.63, 3.8) is 0 Å². The van der Waals surface area contributed by atoms with Gasteiger partial charge in [0.15, 0.2) is 11.6 Å². The number of nitrogens with two attached hydrogens (primary N) is 1. The summed E-state index contributed by atoms with van der Waals surface area (Å²) in [6.45, 7) is 6.18. The molecular weight excluding hydrogens is 711 g/mol. The van der Waals surface area contributed by atoms with Gasteiger partial charge in [-0.3, -0.25) is 5.41 Å². The van der Waals surface area contributed by atoms with E-state index in [1.807, 2.05) is 45.0 Å². The number of rotatable bonds is 11. The first-order valence-corrected chi connectivity index (χ1v) is 14.8. The first kappa shape index (κ1) is 42.2. The minimum atomic E-state index is -5.08. The Morgan fingerprint density at radius 1 is 0.962 bits per heavy atom. The highest BCUT2D eigenvalue weighted by Gasteiger charge is 2.39. The molecule has 0 aliphatic rings. The molecule has 0 saturated heterocycles. The standard InChI is InChI=1S/C29H32FN5O3.2C2HF3O2/c1-5-37-21-14-24(28(30)26(15-21)38-18(2)3)35(20-12-10-19(11-13-20)29(31)32)17-27-33-16-23(34-27)22-8-6-7-9-25(22)36-4;2*3-2(4,5)1(6)7/h6-16,18H,5,17H2,1-4H3,(H3,31,32)(H,33,34);2*(H,6,7). The normalized spacial score (nSPS) is 11.0. The lowest BCUT2D eigenvalue weighted by Gasteiger charge is -2.26. The zero-order chi connectivity index (χ0) is 39.4. The van der Waals surface area contributed by atoms with Crippen molar-refractivity contribution in [2.75, 3.05) is 18.6 Å². The summed E-state index contributed by atoms with van der Waals surface area (Å²) in [5.41, 5.74) is 8.79. The van der Waals surface area contributed by atoms with Crippen LogP contribution in [-0.4, -0.2) is 70.1 Å². The Morgan fingerprint density at radius 3 is 2.00 bits per heavy atom. The van der Waals surface area contributed by atoms with Gasteiger partial charge in [-0.25, -0.2) is 19.0 Å². The third-order valence-electron chi connectivity index (χ3n) is 6.27. The van der Waals surface area contributed by atoms with Gasteiger partial charge in [-0.2, -0.15) is 26.3 Å². The zero-order valence-corrected chi connectivity index (χ0v) is 27.9. The van der Waals surface area contributed by atoms with Gasteiger partial charge in [0.2, 0.25) is 0 Å². The number of carboxylic acids is 2. The molecule has 3 aromatic carbocycles. The summed E-state index contributed by atoms with van der Waals surface area (Å²) in [6, 6.07) is 17.9. The Kier molecular flexibility index (Phi) is 14.8. The van der Waals surface area contributed by atoms with E-state index in [9.17, 15) is 26.3 Å². The van der Waals surface area contributed by atoms with Crippen LogP contribution in [0.5, 0.6) is 17.2 Å². The van der Waals surface area contributed by atoms with Crippen molar-refractivity contribution < 1.29 is 64.7 Å². The smallest absolute Gasteiger partial charge is 0.490 e. The van der Waals surface area contributed by atoms with Gasteiger partial charge in [-0.15, -0.1) is 0 Å². The molecule has 1 heterocycles. The highest BCUT2D eigenvalue weighted by Crippen LogP contribution is 2.38. The van der Waals surface area contributed by atoms with Crippen molar-refractivity contribution in [2.45, 2.75) is 45.8 Å². The number of amidine groups is 1. The molecule has 1 aromatic heterocycles. The summed E-state index contributed by atoms with van der Waals surface area (Å²) in [5, 5.41) is 22.0. The Bertz CT molecular complexity index is 1790. The van der Waals surface area contributed by atoms with E-state index in [2.05, 4.69) is 9.97 Å². The zero-order valence-electron chi connectivity index (χ0n) is 27.9. The Hall–Kier alpha value is -6.01. The van der Waals surface area contributed by atoms with Crippen LogP contribution in [0.3, 0.4) is 0 Å². The fourth-order valence-corrected chi connectivity index (χ4v) is 4.08. The van der Waals surface area contributed by atoms with Gasteiger partial charge in [0, 0.05) is 28.9 Å². The van der Waals surface area contributed by atoms with Crippen LogP contribution in [0, 0.1) is 11.2 Å². The predicted molar refractivity (Wildman–Crippen MR) is 175 cm³/mol. The fourth-order valence-electron chi connectivity index (χ4n) is 4.08. The van der Waals surface area contributed by atoms with Gasteiger partial charge in [-0.1, -0.05) is 12.1 Å². The number of carboxylic acid groups (broad SMARTS) is 2. The topological polar surface area (TPSA) is 184 Å². The molecule has 0 saturated carbocycles. The molecule has 0 unspecified atom stereocenters. The van der Waals surface area contributed by atoms with Crippen LogP contribution < -0.4 is 24.8 Å². The van der Waals surface area contributed by atoms with Gasteiger partial charge in [0.1, 0.15) is 23.2 Å². The van der Waals surface area contributed by atoms with Crippen molar-refractivity contribution in [1.82, 2.24) is 9.97 Å². The van der Waals surface area contributed by atoms with E-state index in [-0.39, 0.29) is 29.9 Å². The van der Waals surface area contributed by atoms with Crippen LogP contribution in [0.2, 0.25) is 0 Å².